The van der Waals surface area contributed by atoms with Crippen molar-refractivity contribution in [2.24, 2.45) is 0 Å². The Kier molecular flexibility index (Phi) is 3.04. The quantitative estimate of drug-likeness (QED) is 0.699. The van der Waals surface area contributed by atoms with Gasteiger partial charge in [-0.1, -0.05) is 17.7 Å². The van der Waals surface area contributed by atoms with Crippen LogP contribution in [-0.2, 0) is 6.54 Å². The summed E-state index contributed by atoms with van der Waals surface area (Å²) in [7, 11) is 0. The lowest BCUT2D eigenvalue weighted by molar-refractivity contribution is 0.732. The molecule has 6 heteroatoms. The molecule has 22 heavy (non-hydrogen) atoms. The molecule has 3 aromatic heterocycles. The highest BCUT2D eigenvalue weighted by Crippen LogP contribution is 2.39. The summed E-state index contributed by atoms with van der Waals surface area (Å²) in [5.74, 6) is 0.519. The molecule has 0 spiro atoms. The van der Waals surface area contributed by atoms with E-state index in [0.717, 1.165) is 35.4 Å². The molecule has 0 aliphatic heterocycles. The monoisotopic (exact) mass is 314 g/mol. The van der Waals surface area contributed by atoms with Gasteiger partial charge in [0, 0.05) is 29.9 Å². The molecule has 1 fully saturated rings. The van der Waals surface area contributed by atoms with Crippen molar-refractivity contribution in [3.8, 4) is 0 Å². The Balaban J connectivity index is 1.84. The molecule has 0 amide bonds. The highest BCUT2D eigenvalue weighted by molar-refractivity contribution is 6.29. The molecule has 1 aliphatic carbocycles. The third kappa shape index (κ3) is 2.31. The third-order valence-corrected chi connectivity index (χ3v) is 4.30. The standard InChI is InChI=1S/C16H15ClN4O/c1-10-6-16(22)21-15(7-13(19-21)12-3-4-12)20(10)9-11-2-5-14(17)18-8-11/h2,5-8,12H,3-4,9H2,1H3. The molecule has 3 heterocycles. The number of pyridine rings is 1. The summed E-state index contributed by atoms with van der Waals surface area (Å²) >= 11 is 5.83. The number of hydrogen-bond donors (Lipinski definition) is 0. The SMILES string of the molecule is Cc1cc(=O)n2nc(C3CC3)cc2n1Cc1ccc(Cl)nc1. The molecule has 3 aromatic rings. The van der Waals surface area contributed by atoms with E-state index in [1.165, 1.54) is 4.52 Å². The van der Waals surface area contributed by atoms with Crippen molar-refractivity contribution < 1.29 is 0 Å². The number of aromatic nitrogens is 4. The first-order valence-corrected chi connectivity index (χ1v) is 7.70. The fourth-order valence-corrected chi connectivity index (χ4v) is 2.82. The molecule has 1 saturated carbocycles. The van der Waals surface area contributed by atoms with Crippen molar-refractivity contribution >= 4 is 17.2 Å². The van der Waals surface area contributed by atoms with Crippen LogP contribution in [0.4, 0.5) is 0 Å². The van der Waals surface area contributed by atoms with Gasteiger partial charge in [0.2, 0.25) is 0 Å². The third-order valence-electron chi connectivity index (χ3n) is 4.08. The van der Waals surface area contributed by atoms with Crippen molar-refractivity contribution in [1.82, 2.24) is 19.2 Å². The zero-order valence-corrected chi connectivity index (χ0v) is 12.9. The van der Waals surface area contributed by atoms with Crippen LogP contribution in [0.3, 0.4) is 0 Å². The number of fused-ring (bicyclic) bond motifs is 1. The normalized spacial score (nSPS) is 14.6. The average Bonchev–Trinajstić information content (AvgIpc) is 3.24. The molecule has 4 rings (SSSR count). The molecule has 112 valence electrons. The van der Waals surface area contributed by atoms with E-state index >= 15 is 0 Å². The van der Waals surface area contributed by atoms with E-state index in [-0.39, 0.29) is 5.56 Å². The molecular formula is C16H15ClN4O. The minimum atomic E-state index is -0.0788. The Morgan fingerprint density at radius 2 is 2.14 bits per heavy atom. The number of hydrogen-bond acceptors (Lipinski definition) is 3. The van der Waals surface area contributed by atoms with Crippen molar-refractivity contribution in [2.45, 2.75) is 32.2 Å². The maximum absolute atomic E-state index is 12.2. The first kappa shape index (κ1) is 13.5. The number of nitrogens with zero attached hydrogens (tertiary/aromatic N) is 4. The van der Waals surface area contributed by atoms with E-state index in [2.05, 4.69) is 14.6 Å². The van der Waals surface area contributed by atoms with Crippen molar-refractivity contribution in [1.29, 1.82) is 0 Å². The van der Waals surface area contributed by atoms with E-state index < -0.39 is 0 Å². The molecule has 0 atom stereocenters. The van der Waals surface area contributed by atoms with E-state index in [9.17, 15) is 4.79 Å². The van der Waals surface area contributed by atoms with Gasteiger partial charge in [-0.2, -0.15) is 9.61 Å². The van der Waals surface area contributed by atoms with Crippen molar-refractivity contribution in [3.05, 3.63) is 62.9 Å². The Morgan fingerprint density at radius 3 is 2.82 bits per heavy atom. The van der Waals surface area contributed by atoms with Crippen LogP contribution >= 0.6 is 11.6 Å². The minimum Gasteiger partial charge on any atom is -0.326 e. The summed E-state index contributed by atoms with van der Waals surface area (Å²) in [6, 6.07) is 7.38. The molecule has 0 bridgehead atoms. The Bertz CT molecular complexity index is 906. The number of halogens is 1. The number of rotatable bonds is 3. The summed E-state index contributed by atoms with van der Waals surface area (Å²) in [6.45, 7) is 2.57. The summed E-state index contributed by atoms with van der Waals surface area (Å²) in [6.07, 6.45) is 4.09. The van der Waals surface area contributed by atoms with Gasteiger partial charge in [0.1, 0.15) is 10.8 Å². The van der Waals surface area contributed by atoms with Crippen LogP contribution in [0.1, 0.15) is 35.7 Å². The van der Waals surface area contributed by atoms with Crippen molar-refractivity contribution in [2.75, 3.05) is 0 Å². The van der Waals surface area contributed by atoms with Crippen LogP contribution in [0, 0.1) is 6.92 Å². The lowest BCUT2D eigenvalue weighted by Gasteiger charge is -2.12. The van der Waals surface area contributed by atoms with Gasteiger partial charge in [0.25, 0.3) is 5.56 Å². The van der Waals surface area contributed by atoms with Gasteiger partial charge >= 0.3 is 0 Å². The summed E-state index contributed by atoms with van der Waals surface area (Å²) in [5, 5.41) is 4.96. The van der Waals surface area contributed by atoms with Gasteiger partial charge in [-0.05, 0) is 31.4 Å². The van der Waals surface area contributed by atoms with E-state index in [4.69, 9.17) is 11.6 Å². The molecule has 0 unspecified atom stereocenters. The van der Waals surface area contributed by atoms with Crippen LogP contribution in [0.15, 0.2) is 35.3 Å². The van der Waals surface area contributed by atoms with Gasteiger partial charge in [0.05, 0.1) is 12.2 Å². The second-order valence-corrected chi connectivity index (χ2v) is 6.20. The van der Waals surface area contributed by atoms with E-state index in [1.54, 1.807) is 18.3 Å². The van der Waals surface area contributed by atoms with Crippen LogP contribution < -0.4 is 5.56 Å². The first-order chi connectivity index (χ1) is 10.6. The molecular weight excluding hydrogens is 300 g/mol. The summed E-state index contributed by atoms with van der Waals surface area (Å²) in [4.78, 5) is 16.3. The minimum absolute atomic E-state index is 0.0788. The Hall–Kier alpha value is -2.14. The van der Waals surface area contributed by atoms with Crippen LogP contribution in [-0.4, -0.2) is 19.2 Å². The molecule has 0 saturated heterocycles. The predicted molar refractivity (Wildman–Crippen MR) is 84.5 cm³/mol. The fraction of sp³-hybridized carbons (Fsp3) is 0.312. The largest absolute Gasteiger partial charge is 0.326 e. The molecule has 0 aromatic carbocycles. The van der Waals surface area contributed by atoms with Gasteiger partial charge in [0.15, 0.2) is 0 Å². The molecule has 0 radical (unpaired) electrons. The smallest absolute Gasteiger partial charge is 0.274 e. The Morgan fingerprint density at radius 1 is 1.32 bits per heavy atom. The Labute approximate surface area is 132 Å². The fourth-order valence-electron chi connectivity index (χ4n) is 2.71. The van der Waals surface area contributed by atoms with Crippen LogP contribution in [0.2, 0.25) is 5.15 Å². The van der Waals surface area contributed by atoms with Crippen LogP contribution in [0.5, 0.6) is 0 Å². The van der Waals surface area contributed by atoms with Gasteiger partial charge in [-0.25, -0.2) is 4.98 Å². The molecule has 0 N–H and O–H groups in total. The molecule has 1 aliphatic rings. The zero-order valence-electron chi connectivity index (χ0n) is 12.2. The average molecular weight is 315 g/mol. The predicted octanol–water partition coefficient (Wildman–Crippen LogP) is 2.78. The highest BCUT2D eigenvalue weighted by atomic mass is 35.5. The zero-order chi connectivity index (χ0) is 15.3. The van der Waals surface area contributed by atoms with Gasteiger partial charge < -0.3 is 4.57 Å². The maximum atomic E-state index is 12.2. The van der Waals surface area contributed by atoms with Crippen LogP contribution in [0.25, 0.3) is 5.65 Å². The van der Waals surface area contributed by atoms with E-state index in [1.807, 2.05) is 19.1 Å². The first-order valence-electron chi connectivity index (χ1n) is 7.32. The molecule has 5 nitrogen and oxygen atoms in total. The topological polar surface area (TPSA) is 52.2 Å². The summed E-state index contributed by atoms with van der Waals surface area (Å²) in [5.41, 5.74) is 3.72. The van der Waals surface area contributed by atoms with Gasteiger partial charge in [-0.3, -0.25) is 4.79 Å². The van der Waals surface area contributed by atoms with Crippen molar-refractivity contribution in [3.63, 3.8) is 0 Å². The van der Waals surface area contributed by atoms with Gasteiger partial charge in [-0.15, -0.1) is 0 Å². The summed E-state index contributed by atoms with van der Waals surface area (Å²) < 4.78 is 3.59. The number of aryl methyl sites for hydroxylation is 1. The van der Waals surface area contributed by atoms with E-state index in [0.29, 0.717) is 17.6 Å². The second-order valence-electron chi connectivity index (χ2n) is 5.81. The lowest BCUT2D eigenvalue weighted by atomic mass is 10.2. The maximum Gasteiger partial charge on any atom is 0.274 e. The highest BCUT2D eigenvalue weighted by Gasteiger charge is 2.27. The lowest BCUT2D eigenvalue weighted by Crippen LogP contribution is -2.20. The second kappa shape index (κ2) is 4.95.